The molecule has 664 valence electrons. The van der Waals surface area contributed by atoms with Crippen LogP contribution in [0.4, 0.5) is 15.5 Å². The summed E-state index contributed by atoms with van der Waals surface area (Å²) >= 11 is 0. The van der Waals surface area contributed by atoms with E-state index >= 15 is 0 Å². The van der Waals surface area contributed by atoms with Gasteiger partial charge in [-0.1, -0.05) is 109 Å². The van der Waals surface area contributed by atoms with Gasteiger partial charge in [-0.3, -0.25) is 4.79 Å². The second-order valence-electron chi connectivity index (χ2n) is 31.2. The van der Waals surface area contributed by atoms with E-state index in [0.717, 1.165) is 44.5 Å². The molecule has 0 saturated carbocycles. The molecule has 128 heavy (non-hydrogen) atoms. The molecule has 10 aromatic rings. The molecule has 3 aliphatic heterocycles. The van der Waals surface area contributed by atoms with E-state index in [4.69, 9.17) is 58.0 Å². The number of hydrogen-bond donors (Lipinski definition) is 7. The molecular formula is C94H97N12O21P. The number of fused-ring (bicyclic) bond motifs is 7. The third-order valence-electron chi connectivity index (χ3n) is 22.9. The average Bonchev–Trinajstić information content (AvgIpc) is 1.32. The van der Waals surface area contributed by atoms with E-state index in [1.165, 1.54) is 39.9 Å². The Labute approximate surface area is 737 Å². The first-order chi connectivity index (χ1) is 62.1. The number of anilines is 1. The summed E-state index contributed by atoms with van der Waals surface area (Å²) in [5.74, 6) is -2.01. The van der Waals surface area contributed by atoms with Crippen molar-refractivity contribution in [2.75, 3.05) is 79.3 Å². The number of nitrogens with zero attached hydrogens (tertiary/aromatic N) is 7. The Morgan fingerprint density at radius 1 is 0.648 bits per heavy atom. The number of aliphatic hydroxyl groups excluding tert-OH is 1. The summed E-state index contributed by atoms with van der Waals surface area (Å²) in [6.45, 7) is 7.84. The van der Waals surface area contributed by atoms with Crippen molar-refractivity contribution in [1.29, 1.82) is 0 Å². The van der Waals surface area contributed by atoms with Gasteiger partial charge in [0.1, 0.15) is 13.2 Å². The number of carbonyl (C=O) groups excluding carboxylic acids is 7. The molecule has 15 rings (SSSR count). The molecule has 3 unspecified atom stereocenters. The molecule has 0 spiro atoms. The van der Waals surface area contributed by atoms with Crippen LogP contribution in [0.25, 0.3) is 38.3 Å². The number of rotatable bonds is 37. The van der Waals surface area contributed by atoms with Crippen LogP contribution in [-0.4, -0.2) is 198 Å². The van der Waals surface area contributed by atoms with Gasteiger partial charge in [0.25, 0.3) is 5.91 Å². The number of ether oxygens (including phenoxy) is 8. The monoisotopic (exact) mass is 1760 g/mol. The molecule has 2 aliphatic carbocycles. The van der Waals surface area contributed by atoms with Crippen molar-refractivity contribution in [1.82, 2.24) is 45.3 Å². The van der Waals surface area contributed by atoms with Gasteiger partial charge in [-0.25, -0.2) is 9.59 Å². The first-order valence-corrected chi connectivity index (χ1v) is 43.6. The van der Waals surface area contributed by atoms with Gasteiger partial charge in [-0.05, 0) is 68.6 Å². The van der Waals surface area contributed by atoms with E-state index in [-0.39, 0.29) is 137 Å². The normalized spacial score (nSPS) is 18.1. The number of imidazole rings is 1. The summed E-state index contributed by atoms with van der Waals surface area (Å²) < 4.78 is 70.3. The van der Waals surface area contributed by atoms with Crippen LogP contribution in [0, 0.1) is 6.57 Å². The van der Waals surface area contributed by atoms with Crippen LogP contribution in [0.15, 0.2) is 229 Å². The van der Waals surface area contributed by atoms with Gasteiger partial charge in [0.15, 0.2) is 0 Å². The Balaban J connectivity index is 0.619. The minimum absolute atomic E-state index is 0.00658. The molecule has 7 atom stereocenters. The number of benzene rings is 8. The number of ketones is 1. The van der Waals surface area contributed by atoms with Gasteiger partial charge < -0.3 is 25.0 Å². The Hall–Kier alpha value is -13.4. The van der Waals surface area contributed by atoms with Crippen LogP contribution < -0.4 is 36.3 Å². The number of Topliss-reactive ketones (excluding diaryl/α,β-unsaturated/α-hetero) is 1. The number of amidine groups is 1. The van der Waals surface area contributed by atoms with E-state index in [9.17, 15) is 48.4 Å². The maximum atomic E-state index is 14.0. The molecule has 34 heteroatoms. The molecule has 2 fully saturated rings. The number of methoxy groups -OCH3 is 2. The van der Waals surface area contributed by atoms with E-state index in [1.54, 1.807) is 69.8 Å². The summed E-state index contributed by atoms with van der Waals surface area (Å²) in [7, 11) is -0.505. The van der Waals surface area contributed by atoms with Gasteiger partial charge in [0.2, 0.25) is 0 Å². The number of aromatic nitrogens is 4. The average molecular weight is 1760 g/mol. The first kappa shape index (κ1) is 89.4. The number of aliphatic imine (C=N–C) groups is 1. The van der Waals surface area contributed by atoms with Crippen LogP contribution in [0.3, 0.4) is 0 Å². The molecular weight excluding hydrogens is 1660 g/mol. The summed E-state index contributed by atoms with van der Waals surface area (Å²) in [5.41, 5.74) is 9.28. The summed E-state index contributed by atoms with van der Waals surface area (Å²) in [6, 6.07) is 62.7. The van der Waals surface area contributed by atoms with Crippen LogP contribution >= 0.6 is 8.17 Å². The van der Waals surface area contributed by atoms with E-state index in [2.05, 4.69) is 70.3 Å². The summed E-state index contributed by atoms with van der Waals surface area (Å²) in [5, 5.41) is 22.5. The van der Waals surface area contributed by atoms with Crippen molar-refractivity contribution in [3.8, 4) is 33.8 Å². The summed E-state index contributed by atoms with van der Waals surface area (Å²) in [6.07, 6.45) is -6.66. The molecule has 8 aromatic carbocycles. The standard InChI is InChI=1S/C94H97N12O21P/c1-58(107)29-42-85(110)126-76-50-83(105-48-44-80(100-91(105)113)99-81(108)28-17-47-104(3)93(115)120-54-75-72-26-15-11-22-68(72)69-23-12-16-27-73(69)75)125-79(76)56-123-128(116,122-49-46-95-2)127-77-51-84(124-78(77)55-121-94(61-18-7-6-8-19-61,62-34-38-64(117-4)39-35-62)63-36-40-65(118-5)41-37-63)106-57-98-86-87(106)102-90(103-89(86)112)101-82(109)43-45-96-88(111)60-32-30-59(31-33-60)52-97-92(114)119-53-74-70-24-13-9-20-66(70)67-21-10-14-25-71(67)74/h6-16,18-27,30-41,44,48,57,74-79,83-84,91,113,116,128H,17,28-29,42-43,45-47,49-56H2,1,3-5H3,(H,96,111)(H,97,114)(H,99,100,108)(H2,101,102,103,109,112)/t76?,77?,78-,79-,83-,84-,91?/m1/s1. The summed E-state index contributed by atoms with van der Waals surface area (Å²) in [4.78, 5) is 142. The fourth-order valence-electron chi connectivity index (χ4n) is 16.4. The molecule has 2 aromatic heterocycles. The van der Waals surface area contributed by atoms with Crippen molar-refractivity contribution in [3.05, 3.63) is 291 Å². The Kier molecular flexibility index (Phi) is 28.6. The predicted molar refractivity (Wildman–Crippen MR) is 470 cm³/mol. The van der Waals surface area contributed by atoms with Gasteiger partial charge in [-0.2, -0.15) is 0 Å². The first-order valence-electron chi connectivity index (χ1n) is 41.9. The van der Waals surface area contributed by atoms with Gasteiger partial charge in [-0.15, -0.1) is 0 Å². The zero-order chi connectivity index (χ0) is 89.4. The quantitative estimate of drug-likeness (QED) is 0.00475. The Bertz CT molecular complexity index is 5720. The van der Waals surface area contributed by atoms with E-state index in [0.29, 0.717) is 33.8 Å². The molecule has 0 radical (unpaired) electrons. The molecule has 5 amide bonds. The van der Waals surface area contributed by atoms with Gasteiger partial charge >= 0.3 is 467 Å². The number of nitrogens with one attached hydrogen (secondary N) is 5. The molecule has 5 heterocycles. The van der Waals surface area contributed by atoms with Crippen LogP contribution in [0.5, 0.6) is 11.5 Å². The zero-order valence-corrected chi connectivity index (χ0v) is 71.6. The molecule has 33 nitrogen and oxygen atoms in total. The second kappa shape index (κ2) is 40.9. The number of aliphatic hydroxyl groups is 1. The SMILES string of the molecule is [C-]#[N+]CCO[PH](O)(OC[C@H]1O[C@@H](N2C=CC(NC(=O)CCCN(C)C(=O)OCC3c4ccccc4-c4ccccc43)=NC2O)CC1OC(=O)CCC(C)=O)OC1C[C@H](n2cnc3c(=O)[nH]c(NC(=O)CCNC(=O)c4ccc(CNC(=O)OCC5c6ccccc6-c6ccccc65)cc4)nc32)O[C@@H]1COC(c1ccccc1)(c1ccc(OC)cc1)c1ccc(OC)cc1. The number of hydrogen-bond acceptors (Lipinski definition) is 25. The molecule has 2 saturated heterocycles. The van der Waals surface area contributed by atoms with Crippen LogP contribution in [0.1, 0.15) is 125 Å². The molecule has 5 aliphatic rings. The van der Waals surface area contributed by atoms with Crippen LogP contribution in [-0.2, 0) is 73.3 Å². The number of amides is 5. The van der Waals surface area contributed by atoms with E-state index < -0.39 is 112 Å². The topological polar surface area (TPSA) is 396 Å². The van der Waals surface area contributed by atoms with Crippen molar-refractivity contribution in [2.45, 2.75) is 119 Å². The van der Waals surface area contributed by atoms with Crippen molar-refractivity contribution in [2.24, 2.45) is 4.99 Å². The van der Waals surface area contributed by atoms with Crippen LogP contribution in [0.2, 0.25) is 0 Å². The fraction of sp³-hybridized carbons (Fsp3) is 0.319. The Morgan fingerprint density at radius 3 is 1.82 bits per heavy atom. The zero-order valence-electron chi connectivity index (χ0n) is 70.6. The fourth-order valence-corrected chi connectivity index (χ4v) is 18.0. The Morgan fingerprint density at radius 2 is 1.22 bits per heavy atom. The van der Waals surface area contributed by atoms with Crippen molar-refractivity contribution in [3.63, 3.8) is 0 Å². The minimum atomic E-state index is -5.19. The van der Waals surface area contributed by atoms with Crippen molar-refractivity contribution >= 4 is 72.8 Å². The number of carbonyl (C=O) groups is 7. The van der Waals surface area contributed by atoms with Crippen molar-refractivity contribution < 1.29 is 95.0 Å². The maximum absolute atomic E-state index is 14.0. The number of H-pyrrole nitrogens is 1. The van der Waals surface area contributed by atoms with E-state index in [1.807, 2.05) is 127 Å². The number of esters is 1. The molecule has 7 N–H and O–H groups in total. The second-order valence-corrected chi connectivity index (χ2v) is 33.0. The third-order valence-corrected chi connectivity index (χ3v) is 24.6. The number of alkyl carbamates (subject to hydrolysis) is 1. The third kappa shape index (κ3) is 20.8. The van der Waals surface area contributed by atoms with Gasteiger partial charge in [0, 0.05) is 37.5 Å². The predicted octanol–water partition coefficient (Wildman–Crippen LogP) is 11.6. The number of aromatic amines is 1. The van der Waals surface area contributed by atoms with Gasteiger partial charge in [0.05, 0.1) is 0 Å². The molecule has 0 bridgehead atoms.